The molecule has 4 N–H and O–H groups in total. The number of benzene rings is 1. The van der Waals surface area contributed by atoms with Crippen LogP contribution in [0.5, 0.6) is 5.75 Å². The van der Waals surface area contributed by atoms with Gasteiger partial charge in [-0.05, 0) is 19.4 Å². The standard InChI is InChI=1S/C18H23N7O4/c1-4-13(10(2)26)21-18-22-16(15-17(23-18)24(3)9-20-15)19-8-11-7-12(25(28)29)5-6-14(11)27/h5-7,9-10,13,26-27H,4,8H2,1-3H3,(H2,19,21,22,23). The van der Waals surface area contributed by atoms with Crippen molar-refractivity contribution in [3.05, 3.63) is 40.2 Å². The van der Waals surface area contributed by atoms with Crippen LogP contribution in [0.4, 0.5) is 17.5 Å². The Morgan fingerprint density at radius 2 is 2.10 bits per heavy atom. The first kappa shape index (κ1) is 20.3. The van der Waals surface area contributed by atoms with Gasteiger partial charge in [-0.25, -0.2) is 4.98 Å². The fraction of sp³-hybridized carbons (Fsp3) is 0.389. The number of nitro benzene ring substituents is 1. The minimum atomic E-state index is -0.593. The summed E-state index contributed by atoms with van der Waals surface area (Å²) >= 11 is 0. The van der Waals surface area contributed by atoms with E-state index in [1.165, 1.54) is 18.2 Å². The molecule has 29 heavy (non-hydrogen) atoms. The largest absolute Gasteiger partial charge is 0.508 e. The van der Waals surface area contributed by atoms with Crippen molar-refractivity contribution in [3.8, 4) is 5.75 Å². The Morgan fingerprint density at radius 1 is 1.34 bits per heavy atom. The van der Waals surface area contributed by atoms with Gasteiger partial charge in [-0.3, -0.25) is 10.1 Å². The number of nitrogens with one attached hydrogen (secondary N) is 2. The number of aliphatic hydroxyl groups excluding tert-OH is 1. The van der Waals surface area contributed by atoms with Gasteiger partial charge in [0, 0.05) is 31.3 Å². The Labute approximate surface area is 166 Å². The van der Waals surface area contributed by atoms with Gasteiger partial charge in [0.2, 0.25) is 5.95 Å². The maximum atomic E-state index is 11.0. The highest BCUT2D eigenvalue weighted by Gasteiger charge is 2.18. The zero-order valence-corrected chi connectivity index (χ0v) is 16.3. The van der Waals surface area contributed by atoms with Crippen molar-refractivity contribution in [1.29, 1.82) is 0 Å². The SMILES string of the molecule is CCC(Nc1nc(NCc2cc([N+](=O)[O-])ccc2O)c2ncn(C)c2n1)C(C)O. The fourth-order valence-electron chi connectivity index (χ4n) is 2.93. The van der Waals surface area contributed by atoms with Gasteiger partial charge >= 0.3 is 0 Å². The summed E-state index contributed by atoms with van der Waals surface area (Å²) in [6.07, 6.45) is 1.68. The Hall–Kier alpha value is -3.47. The highest BCUT2D eigenvalue weighted by atomic mass is 16.6. The summed E-state index contributed by atoms with van der Waals surface area (Å²) in [6.45, 7) is 3.73. The summed E-state index contributed by atoms with van der Waals surface area (Å²) in [5, 5.41) is 37.1. The van der Waals surface area contributed by atoms with E-state index in [1.54, 1.807) is 24.9 Å². The number of aryl methyl sites for hydroxylation is 1. The third kappa shape index (κ3) is 4.35. The molecule has 0 saturated carbocycles. The second-order valence-corrected chi connectivity index (χ2v) is 6.75. The van der Waals surface area contributed by atoms with Crippen LogP contribution in [0.15, 0.2) is 24.5 Å². The molecule has 154 valence electrons. The number of rotatable bonds is 8. The summed E-state index contributed by atoms with van der Waals surface area (Å²) in [7, 11) is 1.80. The van der Waals surface area contributed by atoms with Crippen LogP contribution >= 0.6 is 0 Å². The van der Waals surface area contributed by atoms with E-state index in [4.69, 9.17) is 0 Å². The van der Waals surface area contributed by atoms with Gasteiger partial charge in [-0.2, -0.15) is 9.97 Å². The van der Waals surface area contributed by atoms with Gasteiger partial charge in [0.05, 0.1) is 23.4 Å². The van der Waals surface area contributed by atoms with Gasteiger partial charge in [0.15, 0.2) is 17.0 Å². The minimum absolute atomic E-state index is 0.0621. The molecule has 0 aliphatic rings. The number of aromatic nitrogens is 4. The van der Waals surface area contributed by atoms with Gasteiger partial charge in [-0.15, -0.1) is 0 Å². The van der Waals surface area contributed by atoms with Crippen molar-refractivity contribution in [3.63, 3.8) is 0 Å². The number of hydrogen-bond acceptors (Lipinski definition) is 9. The molecule has 2 heterocycles. The summed E-state index contributed by atoms with van der Waals surface area (Å²) in [4.78, 5) is 23.7. The Bertz CT molecular complexity index is 1030. The molecule has 11 nitrogen and oxygen atoms in total. The lowest BCUT2D eigenvalue weighted by atomic mass is 10.1. The highest BCUT2D eigenvalue weighted by molar-refractivity contribution is 5.84. The van der Waals surface area contributed by atoms with E-state index in [1.807, 2.05) is 6.92 Å². The molecule has 1 aromatic carbocycles. The molecule has 0 aliphatic heterocycles. The predicted molar refractivity (Wildman–Crippen MR) is 108 cm³/mol. The van der Waals surface area contributed by atoms with Crippen molar-refractivity contribution in [2.24, 2.45) is 7.05 Å². The first-order chi connectivity index (χ1) is 13.8. The lowest BCUT2D eigenvalue weighted by molar-refractivity contribution is -0.384. The van der Waals surface area contributed by atoms with Gasteiger partial charge in [0.1, 0.15) is 5.75 Å². The lowest BCUT2D eigenvalue weighted by Gasteiger charge is -2.20. The molecule has 11 heteroatoms. The van der Waals surface area contributed by atoms with Crippen LogP contribution in [0.25, 0.3) is 11.2 Å². The number of fused-ring (bicyclic) bond motifs is 1. The van der Waals surface area contributed by atoms with Gasteiger partial charge < -0.3 is 25.4 Å². The number of nitro groups is 1. The van der Waals surface area contributed by atoms with E-state index in [-0.39, 0.29) is 24.0 Å². The predicted octanol–water partition coefficient (Wildman–Crippen LogP) is 2.16. The molecule has 0 bridgehead atoms. The van der Waals surface area contributed by atoms with Crippen LogP contribution in [0.3, 0.4) is 0 Å². The van der Waals surface area contributed by atoms with Gasteiger partial charge in [-0.1, -0.05) is 6.92 Å². The summed E-state index contributed by atoms with van der Waals surface area (Å²) in [5.74, 6) is 0.664. The normalized spacial score (nSPS) is 13.2. The maximum Gasteiger partial charge on any atom is 0.270 e. The van der Waals surface area contributed by atoms with E-state index < -0.39 is 11.0 Å². The van der Waals surface area contributed by atoms with Crippen LogP contribution in [0, 0.1) is 10.1 Å². The second-order valence-electron chi connectivity index (χ2n) is 6.75. The number of nitrogens with zero attached hydrogens (tertiary/aromatic N) is 5. The number of hydrogen-bond donors (Lipinski definition) is 4. The third-order valence-corrected chi connectivity index (χ3v) is 4.62. The smallest absolute Gasteiger partial charge is 0.270 e. The molecule has 0 spiro atoms. The molecule has 2 unspecified atom stereocenters. The summed E-state index contributed by atoms with van der Waals surface area (Å²) < 4.78 is 1.74. The molecule has 0 amide bonds. The van der Waals surface area contributed by atoms with E-state index >= 15 is 0 Å². The van der Waals surface area contributed by atoms with Gasteiger partial charge in [0.25, 0.3) is 5.69 Å². The Kier molecular flexibility index (Phi) is 5.78. The number of imidazole rings is 1. The lowest BCUT2D eigenvalue weighted by Crippen LogP contribution is -2.31. The quantitative estimate of drug-likeness (QED) is 0.329. The molecule has 0 fully saturated rings. The number of non-ortho nitro benzene ring substituents is 1. The second kappa shape index (κ2) is 8.27. The molecular weight excluding hydrogens is 378 g/mol. The molecular formula is C18H23N7O4. The van der Waals surface area contributed by atoms with Crippen LogP contribution in [0.1, 0.15) is 25.8 Å². The third-order valence-electron chi connectivity index (χ3n) is 4.62. The van der Waals surface area contributed by atoms with E-state index in [9.17, 15) is 20.3 Å². The average Bonchev–Trinajstić information content (AvgIpc) is 3.05. The number of anilines is 2. The zero-order valence-electron chi connectivity index (χ0n) is 16.3. The number of aromatic hydroxyl groups is 1. The molecule has 2 aromatic heterocycles. The molecule has 0 radical (unpaired) electrons. The van der Waals surface area contributed by atoms with E-state index in [0.717, 1.165) is 0 Å². The first-order valence-electron chi connectivity index (χ1n) is 9.14. The van der Waals surface area contributed by atoms with Crippen LogP contribution in [-0.4, -0.2) is 46.8 Å². The topological polar surface area (TPSA) is 151 Å². The zero-order chi connectivity index (χ0) is 21.1. The monoisotopic (exact) mass is 401 g/mol. The average molecular weight is 401 g/mol. The van der Waals surface area contributed by atoms with Crippen LogP contribution in [-0.2, 0) is 13.6 Å². The molecule has 2 atom stereocenters. The minimum Gasteiger partial charge on any atom is -0.508 e. The van der Waals surface area contributed by atoms with E-state index in [0.29, 0.717) is 34.9 Å². The first-order valence-corrected chi connectivity index (χ1v) is 9.14. The number of phenolic OH excluding ortho intramolecular Hbond substituents is 1. The number of aliphatic hydroxyl groups is 1. The summed E-state index contributed by atoms with van der Waals surface area (Å²) in [6, 6.07) is 3.60. The molecule has 0 saturated heterocycles. The molecule has 3 aromatic rings. The van der Waals surface area contributed by atoms with Crippen molar-refractivity contribution >= 4 is 28.6 Å². The Balaban J connectivity index is 1.92. The maximum absolute atomic E-state index is 11.0. The Morgan fingerprint density at radius 3 is 2.76 bits per heavy atom. The van der Waals surface area contributed by atoms with Crippen molar-refractivity contribution in [1.82, 2.24) is 19.5 Å². The van der Waals surface area contributed by atoms with Crippen molar-refractivity contribution in [2.45, 2.75) is 39.0 Å². The van der Waals surface area contributed by atoms with E-state index in [2.05, 4.69) is 25.6 Å². The fourth-order valence-corrected chi connectivity index (χ4v) is 2.93. The van der Waals surface area contributed by atoms with Crippen molar-refractivity contribution in [2.75, 3.05) is 10.6 Å². The van der Waals surface area contributed by atoms with Crippen LogP contribution in [0.2, 0.25) is 0 Å². The van der Waals surface area contributed by atoms with Crippen LogP contribution < -0.4 is 10.6 Å². The number of phenols is 1. The summed E-state index contributed by atoms with van der Waals surface area (Å²) in [5.41, 5.74) is 1.34. The molecule has 3 rings (SSSR count). The van der Waals surface area contributed by atoms with Crippen molar-refractivity contribution < 1.29 is 15.1 Å². The highest BCUT2D eigenvalue weighted by Crippen LogP contribution is 2.26. The molecule has 0 aliphatic carbocycles.